The summed E-state index contributed by atoms with van der Waals surface area (Å²) in [7, 11) is 0. The molecule has 0 unspecified atom stereocenters. The number of allylic oxidation sites excluding steroid dienone is 1. The molecule has 1 aromatic carbocycles. The van der Waals surface area contributed by atoms with Gasteiger partial charge in [-0.05, 0) is 18.1 Å². The Hall–Kier alpha value is -1.90. The molecule has 0 spiro atoms. The number of hydrazone groups is 1. The topological polar surface area (TPSA) is 41.5 Å². The maximum atomic E-state index is 11.5. The van der Waals surface area contributed by atoms with Crippen molar-refractivity contribution in [3.63, 3.8) is 0 Å². The van der Waals surface area contributed by atoms with Gasteiger partial charge in [0.1, 0.15) is 0 Å². The normalized spacial score (nSPS) is 11.3. The van der Waals surface area contributed by atoms with Crippen LogP contribution in [0.1, 0.15) is 57.4 Å². The van der Waals surface area contributed by atoms with Gasteiger partial charge in [0.2, 0.25) is 5.91 Å². The van der Waals surface area contributed by atoms with Gasteiger partial charge in [-0.15, -0.1) is 0 Å². The maximum absolute atomic E-state index is 11.5. The average Bonchev–Trinajstić information content (AvgIpc) is 2.51. The largest absolute Gasteiger partial charge is 0.273 e. The summed E-state index contributed by atoms with van der Waals surface area (Å²) in [6.45, 7) is 2.21. The summed E-state index contributed by atoms with van der Waals surface area (Å²) >= 11 is 0. The lowest BCUT2D eigenvalue weighted by Gasteiger charge is -2.00. The molecule has 0 bridgehead atoms. The lowest BCUT2D eigenvalue weighted by molar-refractivity contribution is -0.121. The number of rotatable bonds is 10. The summed E-state index contributed by atoms with van der Waals surface area (Å²) < 4.78 is 0. The van der Waals surface area contributed by atoms with Gasteiger partial charge in [0.25, 0.3) is 0 Å². The van der Waals surface area contributed by atoms with Crippen molar-refractivity contribution in [3.05, 3.63) is 42.0 Å². The first-order chi connectivity index (χ1) is 10.3. The van der Waals surface area contributed by atoms with Crippen molar-refractivity contribution >= 4 is 18.2 Å². The molecule has 21 heavy (non-hydrogen) atoms. The van der Waals surface area contributed by atoms with E-state index in [1.807, 2.05) is 42.5 Å². The van der Waals surface area contributed by atoms with E-state index in [-0.39, 0.29) is 5.91 Å². The number of carbonyl (C=O) groups is 1. The summed E-state index contributed by atoms with van der Waals surface area (Å²) in [5, 5.41) is 3.90. The van der Waals surface area contributed by atoms with Crippen molar-refractivity contribution in [3.8, 4) is 0 Å². The molecule has 1 amide bonds. The van der Waals surface area contributed by atoms with Crippen molar-refractivity contribution in [2.75, 3.05) is 0 Å². The van der Waals surface area contributed by atoms with E-state index in [0.29, 0.717) is 6.42 Å². The van der Waals surface area contributed by atoms with Crippen LogP contribution in [-0.4, -0.2) is 12.1 Å². The predicted octanol–water partition coefficient (Wildman–Crippen LogP) is 4.55. The fourth-order valence-electron chi connectivity index (χ4n) is 1.99. The lowest BCUT2D eigenvalue weighted by atomic mass is 10.1. The molecule has 0 heterocycles. The van der Waals surface area contributed by atoms with Gasteiger partial charge in [-0.2, -0.15) is 5.10 Å². The summed E-state index contributed by atoms with van der Waals surface area (Å²) in [4.78, 5) is 11.5. The molecule has 114 valence electrons. The zero-order valence-electron chi connectivity index (χ0n) is 12.9. The molecular formula is C18H26N2O. The van der Waals surface area contributed by atoms with Gasteiger partial charge in [0.15, 0.2) is 0 Å². The number of unbranched alkanes of at least 4 members (excludes halogenated alkanes) is 5. The van der Waals surface area contributed by atoms with Crippen molar-refractivity contribution in [2.45, 2.75) is 51.9 Å². The second kappa shape index (κ2) is 11.9. The number of benzene rings is 1. The zero-order valence-corrected chi connectivity index (χ0v) is 12.9. The highest BCUT2D eigenvalue weighted by atomic mass is 16.2. The Kier molecular flexibility index (Phi) is 9.71. The standard InChI is InChI=1S/C18H26N2O/c1-2-3-4-5-6-10-15-18(21)20-19-16-11-14-17-12-8-7-9-13-17/h7-9,11-14,16H,2-6,10,15H2,1H3,(H,20,21)/b14-11+,19-16-. The molecule has 0 aliphatic carbocycles. The minimum absolute atomic E-state index is 0.00477. The molecule has 0 saturated carbocycles. The van der Waals surface area contributed by atoms with Gasteiger partial charge < -0.3 is 0 Å². The third kappa shape index (κ3) is 9.61. The van der Waals surface area contributed by atoms with E-state index in [1.165, 1.54) is 25.7 Å². The van der Waals surface area contributed by atoms with Crippen LogP contribution >= 0.6 is 0 Å². The Labute approximate surface area is 128 Å². The molecule has 3 heteroatoms. The summed E-state index contributed by atoms with van der Waals surface area (Å²) in [5.41, 5.74) is 3.66. The molecule has 3 nitrogen and oxygen atoms in total. The lowest BCUT2D eigenvalue weighted by Crippen LogP contribution is -2.16. The van der Waals surface area contributed by atoms with Gasteiger partial charge in [-0.3, -0.25) is 4.79 Å². The predicted molar refractivity (Wildman–Crippen MR) is 90.1 cm³/mol. The summed E-state index contributed by atoms with van der Waals surface area (Å²) in [6.07, 6.45) is 13.1. The number of carbonyl (C=O) groups excluding carboxylic acids is 1. The van der Waals surface area contributed by atoms with Crippen LogP contribution < -0.4 is 5.43 Å². The van der Waals surface area contributed by atoms with E-state index < -0.39 is 0 Å². The van der Waals surface area contributed by atoms with E-state index >= 15 is 0 Å². The quantitative estimate of drug-likeness (QED) is 0.382. The minimum Gasteiger partial charge on any atom is -0.273 e. The Morgan fingerprint density at radius 1 is 1.10 bits per heavy atom. The molecule has 1 N–H and O–H groups in total. The third-order valence-corrected chi connectivity index (χ3v) is 3.20. The molecule has 0 atom stereocenters. The molecule has 0 aliphatic heterocycles. The highest BCUT2D eigenvalue weighted by Gasteiger charge is 1.98. The Morgan fingerprint density at radius 3 is 2.57 bits per heavy atom. The third-order valence-electron chi connectivity index (χ3n) is 3.20. The van der Waals surface area contributed by atoms with Crippen molar-refractivity contribution in [1.29, 1.82) is 0 Å². The fraction of sp³-hybridized carbons (Fsp3) is 0.444. The molecule has 1 rings (SSSR count). The maximum Gasteiger partial charge on any atom is 0.240 e. The second-order valence-electron chi connectivity index (χ2n) is 5.10. The number of hydrogen-bond donors (Lipinski definition) is 1. The monoisotopic (exact) mass is 286 g/mol. The van der Waals surface area contributed by atoms with Crippen LogP contribution in [0.4, 0.5) is 0 Å². The van der Waals surface area contributed by atoms with Crippen LogP contribution in [0.5, 0.6) is 0 Å². The van der Waals surface area contributed by atoms with E-state index in [2.05, 4.69) is 17.5 Å². The first-order valence-corrected chi connectivity index (χ1v) is 7.86. The number of hydrogen-bond acceptors (Lipinski definition) is 2. The first-order valence-electron chi connectivity index (χ1n) is 7.86. The van der Waals surface area contributed by atoms with Crippen molar-refractivity contribution in [1.82, 2.24) is 5.43 Å². The minimum atomic E-state index is -0.00477. The Morgan fingerprint density at radius 2 is 1.81 bits per heavy atom. The van der Waals surface area contributed by atoms with Gasteiger partial charge in [-0.1, -0.05) is 75.4 Å². The van der Waals surface area contributed by atoms with Crippen LogP contribution in [0, 0.1) is 0 Å². The van der Waals surface area contributed by atoms with Crippen molar-refractivity contribution in [2.24, 2.45) is 5.10 Å². The van der Waals surface area contributed by atoms with Crippen LogP contribution in [0.25, 0.3) is 6.08 Å². The SMILES string of the molecule is CCCCCCCCC(=O)N/N=C\C=C\c1ccccc1. The van der Waals surface area contributed by atoms with E-state index in [4.69, 9.17) is 0 Å². The number of nitrogens with one attached hydrogen (secondary N) is 1. The summed E-state index contributed by atoms with van der Waals surface area (Å²) in [6, 6.07) is 9.98. The van der Waals surface area contributed by atoms with E-state index in [9.17, 15) is 4.79 Å². The molecule has 0 fully saturated rings. The number of amides is 1. The van der Waals surface area contributed by atoms with Gasteiger partial charge in [0, 0.05) is 12.6 Å². The smallest absolute Gasteiger partial charge is 0.240 e. The van der Waals surface area contributed by atoms with Crippen LogP contribution in [0.15, 0.2) is 41.5 Å². The van der Waals surface area contributed by atoms with Gasteiger partial charge in [-0.25, -0.2) is 5.43 Å². The Balaban J connectivity index is 2.07. The van der Waals surface area contributed by atoms with Crippen LogP contribution in [-0.2, 0) is 4.79 Å². The summed E-state index contributed by atoms with van der Waals surface area (Å²) in [5.74, 6) is -0.00477. The van der Waals surface area contributed by atoms with E-state index in [0.717, 1.165) is 18.4 Å². The molecule has 0 radical (unpaired) electrons. The molecule has 0 aromatic heterocycles. The second-order valence-corrected chi connectivity index (χ2v) is 5.10. The molecule has 0 aliphatic rings. The van der Waals surface area contributed by atoms with Crippen LogP contribution in [0.3, 0.4) is 0 Å². The highest BCUT2D eigenvalue weighted by molar-refractivity contribution is 5.81. The molecular weight excluding hydrogens is 260 g/mol. The number of nitrogens with zero attached hydrogens (tertiary/aromatic N) is 1. The van der Waals surface area contributed by atoms with Gasteiger partial charge >= 0.3 is 0 Å². The first kappa shape index (κ1) is 17.2. The fourth-order valence-corrected chi connectivity index (χ4v) is 1.99. The van der Waals surface area contributed by atoms with Gasteiger partial charge in [0.05, 0.1) is 0 Å². The zero-order chi connectivity index (χ0) is 15.2. The Bertz CT molecular complexity index is 438. The molecule has 0 saturated heterocycles. The van der Waals surface area contributed by atoms with Crippen LogP contribution in [0.2, 0.25) is 0 Å². The highest BCUT2D eigenvalue weighted by Crippen LogP contribution is 2.06. The molecule has 1 aromatic rings. The average molecular weight is 286 g/mol. The van der Waals surface area contributed by atoms with Crippen molar-refractivity contribution < 1.29 is 4.79 Å². The van der Waals surface area contributed by atoms with E-state index in [1.54, 1.807) is 6.21 Å².